The number of esters is 1. The Balaban J connectivity index is 2.39. The molecule has 1 rings (SSSR count). The number of hydrogen-bond donors (Lipinski definition) is 2. The highest BCUT2D eigenvalue weighted by atomic mass is 16.7. The number of rotatable bonds is 6. The van der Waals surface area contributed by atoms with E-state index in [4.69, 9.17) is 0 Å². The normalized spacial score (nSPS) is 9.76. The molecule has 21 heavy (non-hydrogen) atoms. The van der Waals surface area contributed by atoms with Crippen LogP contribution in [0.3, 0.4) is 0 Å². The zero-order valence-corrected chi connectivity index (χ0v) is 11.1. The summed E-state index contributed by atoms with van der Waals surface area (Å²) in [4.78, 5) is 43.4. The summed E-state index contributed by atoms with van der Waals surface area (Å²) < 4.78 is 9.13. The molecule has 1 aromatic heterocycles. The molecule has 2 N–H and O–H groups in total. The van der Waals surface area contributed by atoms with E-state index < -0.39 is 41.1 Å². The topological polar surface area (TPSA) is 141 Å². The van der Waals surface area contributed by atoms with Gasteiger partial charge in [0, 0.05) is 6.54 Å². The van der Waals surface area contributed by atoms with Gasteiger partial charge in [-0.3, -0.25) is 20.2 Å². The molecule has 0 unspecified atom stereocenters. The second-order valence-electron chi connectivity index (χ2n) is 3.78. The number of imide groups is 1. The smallest absolute Gasteiger partial charge is 0.433 e. The minimum Gasteiger partial charge on any atom is -0.450 e. The van der Waals surface area contributed by atoms with E-state index in [1.54, 1.807) is 0 Å². The van der Waals surface area contributed by atoms with Crippen LogP contribution in [-0.4, -0.2) is 36.0 Å². The Morgan fingerprint density at radius 3 is 2.67 bits per heavy atom. The summed E-state index contributed by atoms with van der Waals surface area (Å²) in [6.45, 7) is 1.52. The summed E-state index contributed by atoms with van der Waals surface area (Å²) in [5, 5.41) is 14.7. The third-order valence-electron chi connectivity index (χ3n) is 2.10. The number of nitro groups is 1. The molecule has 10 nitrogen and oxygen atoms in total. The monoisotopic (exact) mass is 299 g/mol. The third kappa shape index (κ3) is 5.30. The van der Waals surface area contributed by atoms with Crippen LogP contribution < -0.4 is 10.6 Å². The van der Waals surface area contributed by atoms with Gasteiger partial charge in [0.2, 0.25) is 5.76 Å². The van der Waals surface area contributed by atoms with Crippen LogP contribution in [0.4, 0.5) is 10.7 Å². The fourth-order valence-electron chi connectivity index (χ4n) is 1.18. The highest BCUT2D eigenvalue weighted by Gasteiger charge is 2.19. The number of carbonyl (C=O) groups excluding carboxylic acids is 3. The Morgan fingerprint density at radius 2 is 2.10 bits per heavy atom. The maximum Gasteiger partial charge on any atom is 0.433 e. The predicted molar refractivity (Wildman–Crippen MR) is 67.5 cm³/mol. The molecule has 3 amide bonds. The van der Waals surface area contributed by atoms with Gasteiger partial charge in [0.1, 0.15) is 4.92 Å². The number of urea groups is 1. The van der Waals surface area contributed by atoms with Crippen molar-refractivity contribution in [1.82, 2.24) is 10.6 Å². The van der Waals surface area contributed by atoms with Crippen molar-refractivity contribution >= 4 is 23.8 Å². The molecular formula is C11H13N3O7. The lowest BCUT2D eigenvalue weighted by Gasteiger charge is -2.05. The standard InChI is InChI=1S/C11H13N3O7/c1-2-5-12-11(17)13-8(15)6-20-10(16)7-3-4-9(21-7)14(18)19/h3-4H,2,5-6H2,1H3,(H2,12,13,15,17). The van der Waals surface area contributed by atoms with Crippen LogP contribution in [0.2, 0.25) is 0 Å². The summed E-state index contributed by atoms with van der Waals surface area (Å²) in [5.74, 6) is -2.92. The van der Waals surface area contributed by atoms with E-state index in [-0.39, 0.29) is 0 Å². The van der Waals surface area contributed by atoms with Crippen molar-refractivity contribution in [2.24, 2.45) is 0 Å². The molecule has 0 aliphatic heterocycles. The summed E-state index contributed by atoms with van der Waals surface area (Å²) >= 11 is 0. The number of furan rings is 1. The Labute approximate surface area is 118 Å². The lowest BCUT2D eigenvalue weighted by molar-refractivity contribution is -0.402. The quantitative estimate of drug-likeness (QED) is 0.444. The Bertz CT molecular complexity index is 552. The molecule has 0 aliphatic carbocycles. The molecule has 10 heteroatoms. The first-order chi connectivity index (χ1) is 9.93. The molecule has 0 aliphatic rings. The van der Waals surface area contributed by atoms with E-state index in [0.717, 1.165) is 12.1 Å². The van der Waals surface area contributed by atoms with Gasteiger partial charge in [0.05, 0.1) is 6.07 Å². The third-order valence-corrected chi connectivity index (χ3v) is 2.10. The average molecular weight is 299 g/mol. The van der Waals surface area contributed by atoms with Crippen molar-refractivity contribution in [2.45, 2.75) is 13.3 Å². The number of nitrogens with one attached hydrogen (secondary N) is 2. The maximum atomic E-state index is 11.4. The van der Waals surface area contributed by atoms with E-state index in [9.17, 15) is 24.5 Å². The number of hydrogen-bond acceptors (Lipinski definition) is 7. The van der Waals surface area contributed by atoms with E-state index in [1.807, 2.05) is 12.2 Å². The van der Waals surface area contributed by atoms with Crippen LogP contribution in [0.1, 0.15) is 23.9 Å². The zero-order chi connectivity index (χ0) is 15.8. The second-order valence-corrected chi connectivity index (χ2v) is 3.78. The minimum atomic E-state index is -1.05. The van der Waals surface area contributed by atoms with E-state index in [2.05, 4.69) is 14.5 Å². The maximum absolute atomic E-state index is 11.4. The van der Waals surface area contributed by atoms with Gasteiger partial charge < -0.3 is 14.5 Å². The SMILES string of the molecule is CCCNC(=O)NC(=O)COC(=O)c1ccc([N+](=O)[O-])o1. The first-order valence-electron chi connectivity index (χ1n) is 5.93. The highest BCUT2D eigenvalue weighted by molar-refractivity contribution is 5.96. The van der Waals surface area contributed by atoms with Gasteiger partial charge in [0.25, 0.3) is 5.91 Å². The van der Waals surface area contributed by atoms with Gasteiger partial charge in [-0.05, 0) is 12.5 Å². The summed E-state index contributed by atoms with van der Waals surface area (Å²) in [7, 11) is 0. The summed E-state index contributed by atoms with van der Waals surface area (Å²) in [6, 6.07) is 1.33. The van der Waals surface area contributed by atoms with Crippen molar-refractivity contribution in [3.05, 3.63) is 28.0 Å². The Morgan fingerprint density at radius 1 is 1.38 bits per heavy atom. The van der Waals surface area contributed by atoms with Crippen LogP contribution in [0.15, 0.2) is 16.5 Å². The van der Waals surface area contributed by atoms with Gasteiger partial charge in [-0.15, -0.1) is 0 Å². The summed E-state index contributed by atoms with van der Waals surface area (Å²) in [5.41, 5.74) is 0. The van der Waals surface area contributed by atoms with Crippen LogP contribution >= 0.6 is 0 Å². The Kier molecular flexibility index (Phi) is 5.86. The molecule has 0 fully saturated rings. The Hall–Kier alpha value is -2.91. The summed E-state index contributed by atoms with van der Waals surface area (Å²) in [6.07, 6.45) is 0.702. The van der Waals surface area contributed by atoms with Crippen molar-refractivity contribution in [2.75, 3.05) is 13.2 Å². The molecule has 114 valence electrons. The van der Waals surface area contributed by atoms with Crippen molar-refractivity contribution in [1.29, 1.82) is 0 Å². The van der Waals surface area contributed by atoms with Crippen LogP contribution in [0.25, 0.3) is 0 Å². The molecule has 1 heterocycles. The molecule has 0 atom stereocenters. The van der Waals surface area contributed by atoms with Crippen LogP contribution in [-0.2, 0) is 9.53 Å². The fraction of sp³-hybridized carbons (Fsp3) is 0.364. The van der Waals surface area contributed by atoms with Gasteiger partial charge in [-0.25, -0.2) is 9.59 Å². The van der Waals surface area contributed by atoms with Crippen molar-refractivity contribution < 1.29 is 28.5 Å². The first-order valence-corrected chi connectivity index (χ1v) is 5.93. The van der Waals surface area contributed by atoms with Gasteiger partial charge in [-0.2, -0.15) is 0 Å². The minimum absolute atomic E-state index is 0.398. The molecule has 0 radical (unpaired) electrons. The molecule has 0 aromatic carbocycles. The zero-order valence-electron chi connectivity index (χ0n) is 11.1. The molecule has 0 spiro atoms. The van der Waals surface area contributed by atoms with Crippen molar-refractivity contribution in [3.63, 3.8) is 0 Å². The molecule has 0 saturated heterocycles. The van der Waals surface area contributed by atoms with E-state index in [1.165, 1.54) is 0 Å². The predicted octanol–water partition coefficient (Wildman–Crippen LogP) is 0.580. The lowest BCUT2D eigenvalue weighted by Crippen LogP contribution is -2.41. The molecule has 0 saturated carbocycles. The first kappa shape index (κ1) is 16.1. The van der Waals surface area contributed by atoms with E-state index in [0.29, 0.717) is 13.0 Å². The lowest BCUT2D eigenvalue weighted by atomic mass is 10.4. The number of amides is 3. The largest absolute Gasteiger partial charge is 0.450 e. The number of carbonyl (C=O) groups is 3. The van der Waals surface area contributed by atoms with Crippen LogP contribution in [0, 0.1) is 10.1 Å². The molecule has 0 bridgehead atoms. The highest BCUT2D eigenvalue weighted by Crippen LogP contribution is 2.16. The van der Waals surface area contributed by atoms with Crippen LogP contribution in [0.5, 0.6) is 0 Å². The number of nitrogens with zero attached hydrogens (tertiary/aromatic N) is 1. The van der Waals surface area contributed by atoms with Gasteiger partial charge in [0.15, 0.2) is 6.61 Å². The average Bonchev–Trinajstić information content (AvgIpc) is 2.92. The van der Waals surface area contributed by atoms with Gasteiger partial charge in [-0.1, -0.05) is 6.92 Å². The fourth-order valence-corrected chi connectivity index (χ4v) is 1.18. The second kappa shape index (κ2) is 7.62. The van der Waals surface area contributed by atoms with Crippen molar-refractivity contribution in [3.8, 4) is 0 Å². The van der Waals surface area contributed by atoms with E-state index >= 15 is 0 Å². The molecular weight excluding hydrogens is 286 g/mol. The molecule has 1 aromatic rings. The van der Waals surface area contributed by atoms with Gasteiger partial charge >= 0.3 is 17.9 Å². The number of ether oxygens (including phenoxy) is 1.